The van der Waals surface area contributed by atoms with E-state index in [-0.39, 0.29) is 5.76 Å². The molecule has 0 aliphatic carbocycles. The van der Waals surface area contributed by atoms with Crippen LogP contribution in [0.4, 0.5) is 0 Å². The number of carboxylic acids is 1. The third-order valence-electron chi connectivity index (χ3n) is 2.77. The van der Waals surface area contributed by atoms with Crippen LogP contribution in [0.2, 0.25) is 5.02 Å². The van der Waals surface area contributed by atoms with E-state index in [0.717, 1.165) is 10.3 Å². The maximum atomic E-state index is 11.2. The molecular formula is C15H8ClO3S-. The van der Waals surface area contributed by atoms with Crippen molar-refractivity contribution in [2.75, 3.05) is 0 Å². The second kappa shape index (κ2) is 5.23. The number of aromatic carboxylic acids is 1. The second-order valence-electron chi connectivity index (χ2n) is 4.10. The summed E-state index contributed by atoms with van der Waals surface area (Å²) in [5.41, 5.74) is 0.531. The summed E-state index contributed by atoms with van der Waals surface area (Å²) < 4.78 is 5.35. The van der Waals surface area contributed by atoms with Crippen LogP contribution in [0.15, 0.2) is 62.7 Å². The molecule has 0 unspecified atom stereocenters. The average Bonchev–Trinajstić information content (AvgIpc) is 2.81. The van der Waals surface area contributed by atoms with Gasteiger partial charge in [0.25, 0.3) is 0 Å². The first kappa shape index (κ1) is 13.1. The number of halogens is 1. The van der Waals surface area contributed by atoms with Crippen molar-refractivity contribution in [2.45, 2.75) is 9.79 Å². The van der Waals surface area contributed by atoms with Gasteiger partial charge in [0.2, 0.25) is 0 Å². The van der Waals surface area contributed by atoms with Crippen molar-refractivity contribution in [3.05, 3.63) is 59.3 Å². The lowest BCUT2D eigenvalue weighted by molar-refractivity contribution is -0.257. The summed E-state index contributed by atoms with van der Waals surface area (Å²) in [6.45, 7) is 0. The quantitative estimate of drug-likeness (QED) is 0.742. The van der Waals surface area contributed by atoms with Gasteiger partial charge in [0, 0.05) is 15.3 Å². The molecule has 1 aromatic heterocycles. The molecule has 0 spiro atoms. The molecule has 0 aliphatic rings. The van der Waals surface area contributed by atoms with E-state index in [1.807, 2.05) is 24.3 Å². The number of rotatable bonds is 3. The number of hydrogen-bond acceptors (Lipinski definition) is 4. The van der Waals surface area contributed by atoms with Crippen LogP contribution in [-0.2, 0) is 0 Å². The minimum Gasteiger partial charge on any atom is -0.541 e. The number of fused-ring (bicyclic) bond motifs is 1. The highest BCUT2D eigenvalue weighted by Crippen LogP contribution is 2.38. The predicted octanol–water partition coefficient (Wildman–Crippen LogP) is 3.60. The first-order chi connectivity index (χ1) is 9.65. The van der Waals surface area contributed by atoms with E-state index in [0.29, 0.717) is 15.5 Å². The molecule has 0 fully saturated rings. The molecule has 0 aliphatic heterocycles. The van der Waals surface area contributed by atoms with Gasteiger partial charge in [-0.25, -0.2) is 0 Å². The number of carbonyl (C=O) groups excluding carboxylic acids is 1. The average molecular weight is 304 g/mol. The maximum Gasteiger partial charge on any atom is 0.164 e. The Hall–Kier alpha value is -1.91. The van der Waals surface area contributed by atoms with Crippen molar-refractivity contribution in [3.8, 4) is 0 Å². The smallest absolute Gasteiger partial charge is 0.164 e. The van der Waals surface area contributed by atoms with Crippen LogP contribution in [0.5, 0.6) is 0 Å². The fourth-order valence-corrected chi connectivity index (χ4v) is 3.01. The van der Waals surface area contributed by atoms with Gasteiger partial charge < -0.3 is 14.3 Å². The van der Waals surface area contributed by atoms with Gasteiger partial charge in [-0.2, -0.15) is 0 Å². The molecule has 0 bridgehead atoms. The van der Waals surface area contributed by atoms with E-state index in [2.05, 4.69) is 0 Å². The highest BCUT2D eigenvalue weighted by Gasteiger charge is 2.15. The lowest BCUT2D eigenvalue weighted by Gasteiger charge is -2.04. The molecule has 0 N–H and O–H groups in total. The molecule has 0 atom stereocenters. The molecule has 3 nitrogen and oxygen atoms in total. The number of furan rings is 1. The van der Waals surface area contributed by atoms with Gasteiger partial charge >= 0.3 is 0 Å². The number of hydrogen-bond donors (Lipinski definition) is 0. The Morgan fingerprint density at radius 1 is 1.10 bits per heavy atom. The van der Waals surface area contributed by atoms with Crippen molar-refractivity contribution in [3.63, 3.8) is 0 Å². The van der Waals surface area contributed by atoms with Crippen LogP contribution in [0.3, 0.4) is 0 Å². The maximum absolute atomic E-state index is 11.2. The Bertz CT molecular complexity index is 777. The number of para-hydroxylation sites is 1. The zero-order chi connectivity index (χ0) is 14.1. The summed E-state index contributed by atoms with van der Waals surface area (Å²) in [6, 6.07) is 14.3. The van der Waals surface area contributed by atoms with Crippen molar-refractivity contribution in [2.24, 2.45) is 0 Å². The summed E-state index contributed by atoms with van der Waals surface area (Å²) in [5, 5.41) is 12.6. The van der Waals surface area contributed by atoms with Gasteiger partial charge in [0.15, 0.2) is 5.76 Å². The van der Waals surface area contributed by atoms with Gasteiger partial charge in [-0.3, -0.25) is 0 Å². The van der Waals surface area contributed by atoms with Gasteiger partial charge in [0.1, 0.15) is 11.6 Å². The van der Waals surface area contributed by atoms with Crippen molar-refractivity contribution >= 4 is 40.3 Å². The van der Waals surface area contributed by atoms with Crippen LogP contribution in [0.1, 0.15) is 10.6 Å². The topological polar surface area (TPSA) is 53.3 Å². The summed E-state index contributed by atoms with van der Waals surface area (Å²) >= 11 is 7.15. The fraction of sp³-hybridized carbons (Fsp3) is 0. The summed E-state index contributed by atoms with van der Waals surface area (Å²) in [4.78, 5) is 12.6. The monoisotopic (exact) mass is 303 g/mol. The minimum absolute atomic E-state index is 0.147. The zero-order valence-corrected chi connectivity index (χ0v) is 11.7. The highest BCUT2D eigenvalue weighted by atomic mass is 35.5. The normalized spacial score (nSPS) is 10.8. The Labute approximate surface area is 124 Å². The highest BCUT2D eigenvalue weighted by molar-refractivity contribution is 7.99. The van der Waals surface area contributed by atoms with Crippen LogP contribution in [0.25, 0.3) is 11.0 Å². The number of benzene rings is 2. The largest absolute Gasteiger partial charge is 0.541 e. The first-order valence-electron chi connectivity index (χ1n) is 5.81. The van der Waals surface area contributed by atoms with Crippen LogP contribution in [0, 0.1) is 0 Å². The Morgan fingerprint density at radius 2 is 1.80 bits per heavy atom. The standard InChI is InChI=1S/C15H9ClO3S/c16-9-5-7-10(8-6-9)20-14-11-3-1-2-4-12(11)19-13(14)15(17)18/h1-8H,(H,17,18)/p-1. The van der Waals surface area contributed by atoms with Crippen LogP contribution >= 0.6 is 23.4 Å². The molecule has 0 saturated carbocycles. The molecule has 0 radical (unpaired) electrons. The molecule has 2 aromatic carbocycles. The van der Waals surface area contributed by atoms with Gasteiger partial charge in [-0.05, 0) is 36.4 Å². The molecular weight excluding hydrogens is 296 g/mol. The van der Waals surface area contributed by atoms with Crippen molar-refractivity contribution < 1.29 is 14.3 Å². The van der Waals surface area contributed by atoms with E-state index in [1.54, 1.807) is 24.3 Å². The fourth-order valence-electron chi connectivity index (χ4n) is 1.88. The van der Waals surface area contributed by atoms with Gasteiger partial charge in [0.05, 0.1) is 4.90 Å². The van der Waals surface area contributed by atoms with Crippen molar-refractivity contribution in [1.82, 2.24) is 0 Å². The van der Waals surface area contributed by atoms with E-state index >= 15 is 0 Å². The third-order valence-corrected chi connectivity index (χ3v) is 4.14. The molecule has 0 amide bonds. The zero-order valence-electron chi connectivity index (χ0n) is 10.1. The molecule has 1 heterocycles. The Morgan fingerprint density at radius 3 is 2.50 bits per heavy atom. The number of carbonyl (C=O) groups is 1. The SMILES string of the molecule is O=C([O-])c1oc2ccccc2c1Sc1ccc(Cl)cc1. The first-order valence-corrected chi connectivity index (χ1v) is 7.01. The lowest BCUT2D eigenvalue weighted by atomic mass is 10.2. The summed E-state index contributed by atoms with van der Waals surface area (Å²) in [7, 11) is 0. The van der Waals surface area contributed by atoms with E-state index < -0.39 is 5.97 Å². The molecule has 5 heteroatoms. The minimum atomic E-state index is -1.32. The Kier molecular flexibility index (Phi) is 3.42. The van der Waals surface area contributed by atoms with E-state index in [1.165, 1.54) is 11.8 Å². The van der Waals surface area contributed by atoms with Gasteiger partial charge in [-0.15, -0.1) is 0 Å². The summed E-state index contributed by atoms with van der Waals surface area (Å²) in [5.74, 6) is -1.47. The molecule has 0 saturated heterocycles. The van der Waals surface area contributed by atoms with Crippen LogP contribution < -0.4 is 5.11 Å². The molecule has 20 heavy (non-hydrogen) atoms. The third kappa shape index (κ3) is 2.40. The Balaban J connectivity index is 2.11. The predicted molar refractivity (Wildman–Crippen MR) is 76.1 cm³/mol. The van der Waals surface area contributed by atoms with E-state index in [4.69, 9.17) is 16.0 Å². The van der Waals surface area contributed by atoms with Crippen molar-refractivity contribution in [1.29, 1.82) is 0 Å². The molecule has 3 rings (SSSR count). The molecule has 3 aromatic rings. The number of carboxylic acid groups (broad SMARTS) is 1. The van der Waals surface area contributed by atoms with E-state index in [9.17, 15) is 9.90 Å². The van der Waals surface area contributed by atoms with Crippen LogP contribution in [-0.4, -0.2) is 5.97 Å². The lowest BCUT2D eigenvalue weighted by Crippen LogP contribution is -2.22. The summed E-state index contributed by atoms with van der Waals surface area (Å²) in [6.07, 6.45) is 0. The van der Waals surface area contributed by atoms with Gasteiger partial charge in [-0.1, -0.05) is 35.5 Å². The second-order valence-corrected chi connectivity index (χ2v) is 5.62. The molecule has 100 valence electrons.